The number of allylic oxidation sites excluding steroid dienone is 1. The van der Waals surface area contributed by atoms with Gasteiger partial charge in [0.1, 0.15) is 18.1 Å². The molecule has 7 nitrogen and oxygen atoms in total. The maximum absolute atomic E-state index is 14.1. The first kappa shape index (κ1) is 29.6. The Morgan fingerprint density at radius 2 is 1.70 bits per heavy atom. The number of fused-ring (bicyclic) bond motifs is 1. The molecule has 1 aliphatic rings. The molecule has 0 spiro atoms. The zero-order chi connectivity index (χ0) is 30.6. The third kappa shape index (κ3) is 6.24. The van der Waals surface area contributed by atoms with Crippen molar-refractivity contribution in [3.8, 4) is 11.5 Å². The fourth-order valence-corrected chi connectivity index (χ4v) is 6.53. The normalized spacial score (nSPS) is 14.5. The van der Waals surface area contributed by atoms with E-state index in [1.54, 1.807) is 11.7 Å². The summed E-state index contributed by atoms with van der Waals surface area (Å²) in [5.74, 6) is 1.16. The summed E-state index contributed by atoms with van der Waals surface area (Å²) in [5, 5.41) is 2.98. The van der Waals surface area contributed by atoms with Crippen LogP contribution in [0.3, 0.4) is 0 Å². The highest BCUT2D eigenvalue weighted by Crippen LogP contribution is 2.31. The number of rotatable bonds is 8. The maximum atomic E-state index is 14.1. The first-order valence-corrected chi connectivity index (χ1v) is 15.8. The highest BCUT2D eigenvalue weighted by atomic mass is 127. The quantitative estimate of drug-likeness (QED) is 0.198. The van der Waals surface area contributed by atoms with Crippen molar-refractivity contribution in [2.75, 3.05) is 12.4 Å². The highest BCUT2D eigenvalue weighted by Gasteiger charge is 2.32. The van der Waals surface area contributed by atoms with E-state index in [2.05, 4.69) is 27.9 Å². The zero-order valence-electron chi connectivity index (χ0n) is 24.0. The number of para-hydroxylation sites is 1. The molecule has 1 atom stereocenters. The van der Waals surface area contributed by atoms with E-state index in [-0.39, 0.29) is 11.5 Å². The molecular weight excluding hydrogens is 685 g/mol. The summed E-state index contributed by atoms with van der Waals surface area (Å²) in [4.78, 5) is 33.0. The first-order chi connectivity index (χ1) is 21.4. The molecule has 1 aromatic heterocycles. The van der Waals surface area contributed by atoms with Crippen LogP contribution in [0.15, 0.2) is 124 Å². The number of ether oxygens (including phenoxy) is 2. The molecule has 220 valence electrons. The number of thiazole rings is 1. The number of anilines is 1. The number of nitrogens with zero attached hydrogens (tertiary/aromatic N) is 2. The fraction of sp³-hybridized carbons (Fsp3) is 0.114. The van der Waals surface area contributed by atoms with Gasteiger partial charge in [-0.1, -0.05) is 65.9 Å². The number of halogens is 1. The van der Waals surface area contributed by atoms with E-state index in [1.807, 2.05) is 116 Å². The monoisotopic (exact) mass is 713 g/mol. The summed E-state index contributed by atoms with van der Waals surface area (Å²) in [7, 11) is 1.62. The van der Waals surface area contributed by atoms with Crippen molar-refractivity contribution in [3.05, 3.63) is 154 Å². The van der Waals surface area contributed by atoms with Gasteiger partial charge in [0.2, 0.25) is 0 Å². The predicted molar refractivity (Wildman–Crippen MR) is 182 cm³/mol. The molecule has 0 saturated heterocycles. The summed E-state index contributed by atoms with van der Waals surface area (Å²) in [5.41, 5.74) is 3.96. The van der Waals surface area contributed by atoms with Crippen LogP contribution in [0.1, 0.15) is 29.7 Å². The van der Waals surface area contributed by atoms with Crippen molar-refractivity contribution in [2.45, 2.75) is 19.6 Å². The third-order valence-corrected chi connectivity index (χ3v) is 8.93. The Morgan fingerprint density at radius 3 is 2.41 bits per heavy atom. The van der Waals surface area contributed by atoms with Gasteiger partial charge >= 0.3 is 0 Å². The molecule has 2 heterocycles. The van der Waals surface area contributed by atoms with Crippen LogP contribution in [0.5, 0.6) is 11.5 Å². The Labute approximate surface area is 272 Å². The summed E-state index contributed by atoms with van der Waals surface area (Å²) < 4.78 is 14.9. The molecule has 1 amide bonds. The zero-order valence-corrected chi connectivity index (χ0v) is 27.0. The van der Waals surface area contributed by atoms with Crippen LogP contribution in [0.4, 0.5) is 5.69 Å². The van der Waals surface area contributed by atoms with Crippen molar-refractivity contribution >= 4 is 51.6 Å². The van der Waals surface area contributed by atoms with Gasteiger partial charge in [0.05, 0.1) is 29.0 Å². The van der Waals surface area contributed by atoms with E-state index >= 15 is 0 Å². The van der Waals surface area contributed by atoms with E-state index in [0.29, 0.717) is 38.6 Å². The van der Waals surface area contributed by atoms with Crippen LogP contribution in [0.2, 0.25) is 0 Å². The lowest BCUT2D eigenvalue weighted by Gasteiger charge is -2.25. The summed E-state index contributed by atoms with van der Waals surface area (Å²) in [6.07, 6.45) is 1.85. The van der Waals surface area contributed by atoms with Gasteiger partial charge in [0.15, 0.2) is 4.80 Å². The molecule has 1 N–H and O–H groups in total. The lowest BCUT2D eigenvalue weighted by molar-refractivity contribution is -0.113. The molecule has 1 aliphatic heterocycles. The summed E-state index contributed by atoms with van der Waals surface area (Å²) >= 11 is 3.56. The Bertz CT molecular complexity index is 2040. The van der Waals surface area contributed by atoms with Crippen molar-refractivity contribution in [1.29, 1.82) is 0 Å². The SMILES string of the molecule is COc1ccc(C=c2sc3n(c2=O)C(c2ccccc2)C(C(=O)Nc2ccccc2)=C(C)N=3)cc1COc1ccc(I)cc1. The molecule has 0 bridgehead atoms. The van der Waals surface area contributed by atoms with E-state index in [1.165, 1.54) is 11.3 Å². The van der Waals surface area contributed by atoms with E-state index in [0.717, 1.165) is 26.0 Å². The molecule has 44 heavy (non-hydrogen) atoms. The van der Waals surface area contributed by atoms with E-state index in [4.69, 9.17) is 14.5 Å². The van der Waals surface area contributed by atoms with Gasteiger partial charge in [0, 0.05) is 14.8 Å². The van der Waals surface area contributed by atoms with Crippen LogP contribution in [-0.4, -0.2) is 17.6 Å². The van der Waals surface area contributed by atoms with Crippen LogP contribution < -0.4 is 29.7 Å². The van der Waals surface area contributed by atoms with E-state index < -0.39 is 6.04 Å². The van der Waals surface area contributed by atoms with Crippen molar-refractivity contribution in [1.82, 2.24) is 4.57 Å². The van der Waals surface area contributed by atoms with Crippen molar-refractivity contribution in [3.63, 3.8) is 0 Å². The Hall–Kier alpha value is -4.48. The van der Waals surface area contributed by atoms with Gasteiger partial charge in [0.25, 0.3) is 11.5 Å². The molecule has 0 saturated carbocycles. The fourth-order valence-electron chi connectivity index (χ4n) is 5.13. The summed E-state index contributed by atoms with van der Waals surface area (Å²) in [6, 6.07) is 31.8. The summed E-state index contributed by atoms with van der Waals surface area (Å²) in [6.45, 7) is 2.12. The Balaban J connectivity index is 1.39. The lowest BCUT2D eigenvalue weighted by Crippen LogP contribution is -2.40. The molecule has 1 unspecified atom stereocenters. The number of benzene rings is 4. The van der Waals surface area contributed by atoms with Gasteiger partial charge in [-0.05, 0) is 95.2 Å². The standard InChI is InChI=1S/C35H28IN3O4S/c1-22-31(33(40)38-27-11-7-4-8-12-27)32(24-9-5-3-6-10-24)39-34(41)30(44-35(39)37-22)20-23-13-18-29(42-2)25(19-23)21-43-28-16-14-26(36)15-17-28/h3-20,32H,21H2,1-2H3,(H,38,40). The van der Waals surface area contributed by atoms with E-state index in [9.17, 15) is 9.59 Å². The predicted octanol–water partition coefficient (Wildman–Crippen LogP) is 6.07. The third-order valence-electron chi connectivity index (χ3n) is 7.22. The van der Waals surface area contributed by atoms with Gasteiger partial charge in [-0.15, -0.1) is 0 Å². The number of nitrogens with one attached hydrogen (secondary N) is 1. The minimum absolute atomic E-state index is 0.215. The van der Waals surface area contributed by atoms with Crippen LogP contribution in [-0.2, 0) is 11.4 Å². The second-order valence-electron chi connectivity index (χ2n) is 10.1. The average Bonchev–Trinajstić information content (AvgIpc) is 3.34. The van der Waals surface area contributed by atoms with Crippen LogP contribution >= 0.6 is 33.9 Å². The van der Waals surface area contributed by atoms with Crippen molar-refractivity contribution in [2.24, 2.45) is 4.99 Å². The molecule has 0 aliphatic carbocycles. The molecule has 9 heteroatoms. The molecule has 6 rings (SSSR count). The number of amides is 1. The van der Waals surface area contributed by atoms with Gasteiger partial charge < -0.3 is 14.8 Å². The second-order valence-corrected chi connectivity index (χ2v) is 12.4. The average molecular weight is 714 g/mol. The number of methoxy groups -OCH3 is 1. The number of carbonyl (C=O) groups excluding carboxylic acids is 1. The second kappa shape index (κ2) is 13.0. The molecule has 4 aromatic carbocycles. The van der Waals surface area contributed by atoms with Gasteiger partial charge in [-0.2, -0.15) is 0 Å². The molecule has 0 radical (unpaired) electrons. The van der Waals surface area contributed by atoms with Crippen molar-refractivity contribution < 1.29 is 14.3 Å². The van der Waals surface area contributed by atoms with Gasteiger partial charge in [-0.3, -0.25) is 14.2 Å². The maximum Gasteiger partial charge on any atom is 0.271 e. The lowest BCUT2D eigenvalue weighted by atomic mass is 9.95. The number of aromatic nitrogens is 1. The molecular formula is C35H28IN3O4S. The number of hydrogen-bond acceptors (Lipinski definition) is 6. The van der Waals surface area contributed by atoms with Crippen LogP contribution in [0.25, 0.3) is 6.08 Å². The Morgan fingerprint density at radius 1 is 1.00 bits per heavy atom. The number of carbonyl (C=O) groups is 1. The largest absolute Gasteiger partial charge is 0.496 e. The minimum Gasteiger partial charge on any atom is -0.496 e. The molecule has 0 fully saturated rings. The first-order valence-electron chi connectivity index (χ1n) is 13.9. The molecule has 5 aromatic rings. The van der Waals surface area contributed by atoms with Crippen LogP contribution in [0, 0.1) is 3.57 Å². The highest BCUT2D eigenvalue weighted by molar-refractivity contribution is 14.1. The minimum atomic E-state index is -0.632. The van der Waals surface area contributed by atoms with Gasteiger partial charge in [-0.25, -0.2) is 4.99 Å². The topological polar surface area (TPSA) is 81.9 Å². The smallest absolute Gasteiger partial charge is 0.271 e. The number of hydrogen-bond donors (Lipinski definition) is 1. The Kier molecular flexibility index (Phi) is 8.76.